The van der Waals surface area contributed by atoms with Crippen molar-refractivity contribution >= 4 is 27.5 Å². The molecule has 1 N–H and O–H groups in total. The second-order valence-electron chi connectivity index (χ2n) is 6.24. The summed E-state index contributed by atoms with van der Waals surface area (Å²) in [6.07, 6.45) is 0. The number of ether oxygens (including phenoxy) is 1. The molecule has 2 aromatic carbocycles. The lowest BCUT2D eigenvalue weighted by molar-refractivity contribution is -0.121. The average Bonchev–Trinajstić information content (AvgIpc) is 2.58. The van der Waals surface area contributed by atoms with Crippen molar-refractivity contribution in [3.05, 3.63) is 58.6 Å². The number of likely N-dealkylation sites (N-methyl/N-ethyl adjacent to an activating group) is 1. The van der Waals surface area contributed by atoms with E-state index in [-0.39, 0.29) is 18.0 Å². The van der Waals surface area contributed by atoms with E-state index >= 15 is 0 Å². The third-order valence-corrected chi connectivity index (χ3v) is 5.85. The minimum atomic E-state index is -3.75. The normalized spacial score (nSPS) is 11.4. The first-order chi connectivity index (χ1) is 12.7. The standard InChI is InChI=1S/C19H23ClN2O4S/c1-14-10-15(2)12-17(11-14)26-9-8-21-19(23)13-22(3)27(24,25)18-6-4-16(20)5-7-18/h4-7,10-12H,8-9,13H2,1-3H3,(H,21,23). The first-order valence-corrected chi connectivity index (χ1v) is 10.2. The highest BCUT2D eigenvalue weighted by atomic mass is 35.5. The molecule has 8 heteroatoms. The Bertz CT molecular complexity index is 878. The maximum atomic E-state index is 12.4. The molecule has 0 radical (unpaired) electrons. The molecule has 0 aromatic heterocycles. The molecule has 0 aliphatic rings. The van der Waals surface area contributed by atoms with E-state index in [1.165, 1.54) is 31.3 Å². The van der Waals surface area contributed by atoms with E-state index in [0.717, 1.165) is 21.2 Å². The molecule has 0 aliphatic heterocycles. The summed E-state index contributed by atoms with van der Waals surface area (Å²) < 4.78 is 31.5. The first-order valence-electron chi connectivity index (χ1n) is 8.38. The van der Waals surface area contributed by atoms with Crippen molar-refractivity contribution < 1.29 is 17.9 Å². The van der Waals surface area contributed by atoms with Gasteiger partial charge in [-0.05, 0) is 61.4 Å². The van der Waals surface area contributed by atoms with Crippen LogP contribution in [0.2, 0.25) is 5.02 Å². The van der Waals surface area contributed by atoms with E-state index in [4.69, 9.17) is 16.3 Å². The molecular weight excluding hydrogens is 388 g/mol. The molecule has 146 valence electrons. The Hall–Kier alpha value is -2.09. The number of rotatable bonds is 8. The van der Waals surface area contributed by atoms with E-state index in [9.17, 15) is 13.2 Å². The largest absolute Gasteiger partial charge is 0.492 e. The van der Waals surface area contributed by atoms with Crippen LogP contribution in [0.1, 0.15) is 11.1 Å². The fourth-order valence-electron chi connectivity index (χ4n) is 2.51. The number of nitrogens with one attached hydrogen (secondary N) is 1. The highest BCUT2D eigenvalue weighted by molar-refractivity contribution is 7.89. The molecule has 0 aliphatic carbocycles. The second-order valence-corrected chi connectivity index (χ2v) is 8.72. The van der Waals surface area contributed by atoms with Crippen molar-refractivity contribution in [3.63, 3.8) is 0 Å². The fraction of sp³-hybridized carbons (Fsp3) is 0.316. The van der Waals surface area contributed by atoms with Gasteiger partial charge in [-0.25, -0.2) is 8.42 Å². The van der Waals surface area contributed by atoms with Crippen LogP contribution >= 0.6 is 11.6 Å². The van der Waals surface area contributed by atoms with E-state index in [1.54, 1.807) is 0 Å². The monoisotopic (exact) mass is 410 g/mol. The third-order valence-electron chi connectivity index (χ3n) is 3.78. The van der Waals surface area contributed by atoms with E-state index in [0.29, 0.717) is 11.6 Å². The van der Waals surface area contributed by atoms with Gasteiger partial charge in [0.2, 0.25) is 15.9 Å². The Morgan fingerprint density at radius 2 is 1.70 bits per heavy atom. The van der Waals surface area contributed by atoms with Crippen LogP contribution < -0.4 is 10.1 Å². The van der Waals surface area contributed by atoms with Crippen molar-refractivity contribution in [3.8, 4) is 5.75 Å². The summed E-state index contributed by atoms with van der Waals surface area (Å²) in [4.78, 5) is 12.1. The maximum absolute atomic E-state index is 12.4. The smallest absolute Gasteiger partial charge is 0.243 e. The molecule has 2 aromatic rings. The molecule has 0 unspecified atom stereocenters. The van der Waals surface area contributed by atoms with Gasteiger partial charge in [-0.2, -0.15) is 4.31 Å². The van der Waals surface area contributed by atoms with Gasteiger partial charge < -0.3 is 10.1 Å². The van der Waals surface area contributed by atoms with E-state index in [1.807, 2.05) is 32.0 Å². The van der Waals surface area contributed by atoms with Gasteiger partial charge in [-0.1, -0.05) is 17.7 Å². The summed E-state index contributed by atoms with van der Waals surface area (Å²) in [5.41, 5.74) is 2.20. The van der Waals surface area contributed by atoms with E-state index < -0.39 is 15.9 Å². The number of benzene rings is 2. The van der Waals surface area contributed by atoms with Crippen molar-refractivity contribution in [2.24, 2.45) is 0 Å². The van der Waals surface area contributed by atoms with Crippen molar-refractivity contribution in [1.29, 1.82) is 0 Å². The van der Waals surface area contributed by atoms with Gasteiger partial charge in [0.05, 0.1) is 18.0 Å². The Balaban J connectivity index is 1.81. The third kappa shape index (κ3) is 6.23. The molecule has 0 heterocycles. The Morgan fingerprint density at radius 1 is 1.11 bits per heavy atom. The molecular formula is C19H23ClN2O4S. The highest BCUT2D eigenvalue weighted by Crippen LogP contribution is 2.17. The predicted octanol–water partition coefficient (Wildman–Crippen LogP) is 2.77. The topological polar surface area (TPSA) is 75.7 Å². The van der Waals surface area contributed by atoms with Crippen LogP contribution in [0, 0.1) is 13.8 Å². The zero-order chi connectivity index (χ0) is 20.0. The summed E-state index contributed by atoms with van der Waals surface area (Å²) in [6.45, 7) is 4.26. The lowest BCUT2D eigenvalue weighted by atomic mass is 10.1. The van der Waals surface area contributed by atoms with Crippen LogP contribution in [0.3, 0.4) is 0 Å². The molecule has 0 atom stereocenters. The van der Waals surface area contributed by atoms with Crippen LogP contribution in [0.4, 0.5) is 0 Å². The quantitative estimate of drug-likeness (QED) is 0.679. The van der Waals surface area contributed by atoms with Gasteiger partial charge in [0, 0.05) is 12.1 Å². The number of carbonyl (C=O) groups is 1. The number of nitrogens with zero attached hydrogens (tertiary/aromatic N) is 1. The van der Waals surface area contributed by atoms with Crippen molar-refractivity contribution in [2.75, 3.05) is 26.7 Å². The SMILES string of the molecule is Cc1cc(C)cc(OCCNC(=O)CN(C)S(=O)(=O)c2ccc(Cl)cc2)c1. The minimum absolute atomic E-state index is 0.0837. The maximum Gasteiger partial charge on any atom is 0.243 e. The van der Waals surface area contributed by atoms with Crippen molar-refractivity contribution in [1.82, 2.24) is 9.62 Å². The van der Waals surface area contributed by atoms with Crippen LogP contribution in [-0.4, -0.2) is 45.4 Å². The molecule has 0 saturated heterocycles. The zero-order valence-corrected chi connectivity index (χ0v) is 17.1. The Morgan fingerprint density at radius 3 is 2.30 bits per heavy atom. The highest BCUT2D eigenvalue weighted by Gasteiger charge is 2.22. The fourth-order valence-corrected chi connectivity index (χ4v) is 3.76. The Labute approximate surface area is 165 Å². The summed E-state index contributed by atoms with van der Waals surface area (Å²) >= 11 is 5.77. The minimum Gasteiger partial charge on any atom is -0.492 e. The van der Waals surface area contributed by atoms with Gasteiger partial charge in [0.25, 0.3) is 0 Å². The lowest BCUT2D eigenvalue weighted by Gasteiger charge is -2.17. The van der Waals surface area contributed by atoms with E-state index in [2.05, 4.69) is 5.32 Å². The van der Waals surface area contributed by atoms with Gasteiger partial charge >= 0.3 is 0 Å². The predicted molar refractivity (Wildman–Crippen MR) is 106 cm³/mol. The molecule has 0 saturated carbocycles. The second kappa shape index (κ2) is 9.21. The number of halogens is 1. The van der Waals surface area contributed by atoms with Crippen LogP contribution in [0.5, 0.6) is 5.75 Å². The van der Waals surface area contributed by atoms with Crippen LogP contribution in [0.15, 0.2) is 47.4 Å². The summed E-state index contributed by atoms with van der Waals surface area (Å²) in [6, 6.07) is 11.7. The number of aryl methyl sites for hydroxylation is 2. The number of sulfonamides is 1. The molecule has 0 bridgehead atoms. The molecule has 0 fully saturated rings. The number of carbonyl (C=O) groups excluding carboxylic acids is 1. The molecule has 1 amide bonds. The van der Waals surface area contributed by atoms with Gasteiger partial charge in [-0.15, -0.1) is 0 Å². The van der Waals surface area contributed by atoms with Crippen LogP contribution in [0.25, 0.3) is 0 Å². The summed E-state index contributed by atoms with van der Waals surface area (Å²) in [5, 5.41) is 3.10. The zero-order valence-electron chi connectivity index (χ0n) is 15.5. The van der Waals surface area contributed by atoms with Crippen LogP contribution in [-0.2, 0) is 14.8 Å². The summed E-state index contributed by atoms with van der Waals surface area (Å²) in [5.74, 6) is 0.336. The van der Waals surface area contributed by atoms with Crippen molar-refractivity contribution in [2.45, 2.75) is 18.7 Å². The average molecular weight is 411 g/mol. The number of hydrogen-bond acceptors (Lipinski definition) is 4. The molecule has 0 spiro atoms. The Kier molecular flexibility index (Phi) is 7.24. The lowest BCUT2D eigenvalue weighted by Crippen LogP contribution is -2.39. The molecule has 2 rings (SSSR count). The number of hydrogen-bond donors (Lipinski definition) is 1. The summed E-state index contributed by atoms with van der Waals surface area (Å²) in [7, 11) is -2.39. The molecule has 6 nitrogen and oxygen atoms in total. The number of amides is 1. The first kappa shape index (κ1) is 21.2. The molecule has 27 heavy (non-hydrogen) atoms. The van der Waals surface area contributed by atoms with Gasteiger partial charge in [-0.3, -0.25) is 4.79 Å². The van der Waals surface area contributed by atoms with Gasteiger partial charge in [0.1, 0.15) is 12.4 Å². The van der Waals surface area contributed by atoms with Gasteiger partial charge in [0.15, 0.2) is 0 Å².